The number of carbonyl (C=O) groups is 3. The zero-order chi connectivity index (χ0) is 26.1. The summed E-state index contributed by atoms with van der Waals surface area (Å²) in [6.07, 6.45) is 2.17. The first-order chi connectivity index (χ1) is 17.2. The average molecular weight is 514 g/mol. The molecular formula is C25H24FN3O6S. The van der Waals surface area contributed by atoms with Gasteiger partial charge in [0.25, 0.3) is 21.8 Å². The summed E-state index contributed by atoms with van der Waals surface area (Å²) in [6.45, 7) is 2.37. The van der Waals surface area contributed by atoms with Crippen LogP contribution >= 0.6 is 0 Å². The van der Waals surface area contributed by atoms with Gasteiger partial charge in [-0.05, 0) is 66.9 Å². The van der Waals surface area contributed by atoms with E-state index in [2.05, 4.69) is 10.3 Å². The fourth-order valence-electron chi connectivity index (χ4n) is 3.02. The summed E-state index contributed by atoms with van der Waals surface area (Å²) < 4.78 is 45.1. The highest BCUT2D eigenvalue weighted by molar-refractivity contribution is 7.90. The number of sulfonamides is 1. The van der Waals surface area contributed by atoms with E-state index in [4.69, 9.17) is 4.74 Å². The van der Waals surface area contributed by atoms with E-state index in [0.717, 1.165) is 11.8 Å². The van der Waals surface area contributed by atoms with E-state index in [-0.39, 0.29) is 35.2 Å². The molecule has 1 heterocycles. The van der Waals surface area contributed by atoms with Gasteiger partial charge in [0.2, 0.25) is 0 Å². The Morgan fingerprint density at radius 2 is 1.58 bits per heavy atom. The molecule has 3 rings (SSSR count). The Morgan fingerprint density at radius 3 is 2.19 bits per heavy atom. The maximum atomic E-state index is 13.0. The van der Waals surface area contributed by atoms with Gasteiger partial charge >= 0.3 is 5.97 Å². The third-order valence-corrected chi connectivity index (χ3v) is 6.29. The molecule has 36 heavy (non-hydrogen) atoms. The Labute approximate surface area is 207 Å². The van der Waals surface area contributed by atoms with Crippen molar-refractivity contribution in [2.75, 3.05) is 13.2 Å². The van der Waals surface area contributed by atoms with Crippen LogP contribution in [0.1, 0.15) is 50.1 Å². The predicted molar refractivity (Wildman–Crippen MR) is 128 cm³/mol. The quantitative estimate of drug-likeness (QED) is 0.399. The van der Waals surface area contributed by atoms with Crippen LogP contribution in [0.4, 0.5) is 4.39 Å². The third kappa shape index (κ3) is 7.19. The number of amides is 2. The van der Waals surface area contributed by atoms with Gasteiger partial charge in [0.05, 0.1) is 17.1 Å². The van der Waals surface area contributed by atoms with Crippen LogP contribution in [0.2, 0.25) is 0 Å². The first kappa shape index (κ1) is 26.5. The van der Waals surface area contributed by atoms with Gasteiger partial charge in [0.15, 0.2) is 0 Å². The molecule has 2 N–H and O–H groups in total. The fraction of sp³-hybridized carbons (Fsp3) is 0.200. The van der Waals surface area contributed by atoms with E-state index in [1.54, 1.807) is 12.1 Å². The Hall–Kier alpha value is -4.12. The zero-order valence-electron chi connectivity index (χ0n) is 19.4. The number of halogens is 1. The largest absolute Gasteiger partial charge is 0.461 e. The molecule has 0 bridgehead atoms. The standard InChI is InChI=1S/C25H24FN3O6S/c1-2-15-35-25(32)22-12-7-19(16-28-22)24(31)29-36(33,34)21-10-3-17(4-11-21)13-14-27-23(30)18-5-8-20(26)9-6-18/h3-12,16H,2,13-15H2,1H3,(H,27,30)(H,29,31). The Bertz CT molecular complexity index is 1330. The van der Waals surface area contributed by atoms with E-state index < -0.39 is 27.7 Å². The van der Waals surface area contributed by atoms with Crippen LogP contribution in [-0.4, -0.2) is 44.3 Å². The molecule has 1 aromatic heterocycles. The smallest absolute Gasteiger partial charge is 0.356 e. The van der Waals surface area contributed by atoms with Crippen molar-refractivity contribution in [3.05, 3.63) is 95.1 Å². The van der Waals surface area contributed by atoms with Crippen LogP contribution in [0.3, 0.4) is 0 Å². The number of benzene rings is 2. The highest BCUT2D eigenvalue weighted by atomic mass is 32.2. The van der Waals surface area contributed by atoms with Crippen molar-refractivity contribution in [3.8, 4) is 0 Å². The van der Waals surface area contributed by atoms with Gasteiger partial charge < -0.3 is 10.1 Å². The highest BCUT2D eigenvalue weighted by Crippen LogP contribution is 2.12. The predicted octanol–water partition coefficient (Wildman–Crippen LogP) is 2.88. The number of nitrogens with one attached hydrogen (secondary N) is 2. The van der Waals surface area contributed by atoms with Crippen molar-refractivity contribution < 1.29 is 31.9 Å². The van der Waals surface area contributed by atoms with E-state index in [1.165, 1.54) is 48.5 Å². The molecule has 188 valence electrons. The molecule has 0 aliphatic rings. The molecule has 0 unspecified atom stereocenters. The lowest BCUT2D eigenvalue weighted by atomic mass is 10.1. The minimum Gasteiger partial charge on any atom is -0.461 e. The number of rotatable bonds is 10. The molecule has 3 aromatic rings. The monoisotopic (exact) mass is 513 g/mol. The molecule has 0 spiro atoms. The van der Waals surface area contributed by atoms with Crippen molar-refractivity contribution in [2.24, 2.45) is 0 Å². The average Bonchev–Trinajstić information content (AvgIpc) is 2.87. The highest BCUT2D eigenvalue weighted by Gasteiger charge is 2.19. The van der Waals surface area contributed by atoms with Crippen molar-refractivity contribution in [1.82, 2.24) is 15.0 Å². The summed E-state index contributed by atoms with van der Waals surface area (Å²) >= 11 is 0. The first-order valence-electron chi connectivity index (χ1n) is 11.0. The Morgan fingerprint density at radius 1 is 0.917 bits per heavy atom. The topological polar surface area (TPSA) is 132 Å². The van der Waals surface area contributed by atoms with Crippen LogP contribution in [0.25, 0.3) is 0 Å². The van der Waals surface area contributed by atoms with Gasteiger partial charge in [-0.2, -0.15) is 0 Å². The lowest BCUT2D eigenvalue weighted by Gasteiger charge is -2.09. The molecule has 0 saturated heterocycles. The maximum absolute atomic E-state index is 13.0. The van der Waals surface area contributed by atoms with Gasteiger partial charge in [-0.3, -0.25) is 9.59 Å². The number of nitrogens with zero attached hydrogens (tertiary/aromatic N) is 1. The summed E-state index contributed by atoms with van der Waals surface area (Å²) in [5.74, 6) is -2.32. The Balaban J connectivity index is 1.54. The summed E-state index contributed by atoms with van der Waals surface area (Å²) in [5.41, 5.74) is 1.05. The van der Waals surface area contributed by atoms with Crippen molar-refractivity contribution in [2.45, 2.75) is 24.7 Å². The minimum absolute atomic E-state index is 0.00676. The van der Waals surface area contributed by atoms with Crippen LogP contribution in [0.5, 0.6) is 0 Å². The molecule has 0 radical (unpaired) electrons. The van der Waals surface area contributed by atoms with Crippen LogP contribution in [0.15, 0.2) is 71.8 Å². The molecule has 0 fully saturated rings. The lowest BCUT2D eigenvalue weighted by Crippen LogP contribution is -2.30. The molecule has 2 aromatic carbocycles. The summed E-state index contributed by atoms with van der Waals surface area (Å²) in [7, 11) is -4.16. The lowest BCUT2D eigenvalue weighted by molar-refractivity contribution is 0.0497. The molecular weight excluding hydrogens is 489 g/mol. The third-order valence-electron chi connectivity index (χ3n) is 4.94. The van der Waals surface area contributed by atoms with Crippen LogP contribution in [-0.2, 0) is 21.2 Å². The second kappa shape index (κ2) is 12.0. The molecule has 0 saturated carbocycles. The van der Waals surface area contributed by atoms with Crippen LogP contribution in [0, 0.1) is 5.82 Å². The minimum atomic E-state index is -4.16. The van der Waals surface area contributed by atoms with Gasteiger partial charge in [0.1, 0.15) is 11.5 Å². The number of esters is 1. The molecule has 0 aliphatic carbocycles. The van der Waals surface area contributed by atoms with Crippen LogP contribution < -0.4 is 10.0 Å². The number of pyridine rings is 1. The fourth-order valence-corrected chi connectivity index (χ4v) is 3.99. The molecule has 0 atom stereocenters. The molecule has 9 nitrogen and oxygen atoms in total. The first-order valence-corrected chi connectivity index (χ1v) is 12.5. The van der Waals surface area contributed by atoms with E-state index in [9.17, 15) is 27.2 Å². The maximum Gasteiger partial charge on any atom is 0.356 e. The van der Waals surface area contributed by atoms with Crippen molar-refractivity contribution in [1.29, 1.82) is 0 Å². The molecule has 0 aliphatic heterocycles. The number of ether oxygens (including phenoxy) is 1. The van der Waals surface area contributed by atoms with Crippen molar-refractivity contribution >= 4 is 27.8 Å². The second-order valence-electron chi connectivity index (χ2n) is 7.66. The SMILES string of the molecule is CCCOC(=O)c1ccc(C(=O)NS(=O)(=O)c2ccc(CCNC(=O)c3ccc(F)cc3)cc2)cn1. The van der Waals surface area contributed by atoms with Gasteiger partial charge in [-0.25, -0.2) is 27.3 Å². The van der Waals surface area contributed by atoms with E-state index >= 15 is 0 Å². The molecule has 2 amide bonds. The summed E-state index contributed by atoms with van der Waals surface area (Å²) in [5, 5.41) is 2.71. The Kier molecular flexibility index (Phi) is 8.85. The van der Waals surface area contributed by atoms with Crippen molar-refractivity contribution in [3.63, 3.8) is 0 Å². The summed E-state index contributed by atoms with van der Waals surface area (Å²) in [4.78, 5) is 40.0. The number of hydrogen-bond acceptors (Lipinski definition) is 7. The van der Waals surface area contributed by atoms with E-state index in [0.29, 0.717) is 18.4 Å². The number of carbonyl (C=O) groups excluding carboxylic acids is 3. The van der Waals surface area contributed by atoms with Gasteiger partial charge in [-0.1, -0.05) is 19.1 Å². The second-order valence-corrected chi connectivity index (χ2v) is 9.34. The number of aromatic nitrogens is 1. The molecule has 11 heteroatoms. The van der Waals surface area contributed by atoms with Gasteiger partial charge in [0, 0.05) is 18.3 Å². The van der Waals surface area contributed by atoms with E-state index in [1.807, 2.05) is 11.6 Å². The summed E-state index contributed by atoms with van der Waals surface area (Å²) in [6, 6.07) is 13.5. The van der Waals surface area contributed by atoms with Gasteiger partial charge in [-0.15, -0.1) is 0 Å². The number of hydrogen-bond donors (Lipinski definition) is 2. The zero-order valence-corrected chi connectivity index (χ0v) is 20.2. The normalized spacial score (nSPS) is 10.9.